The smallest absolute Gasteiger partial charge is 0.258 e. The average Bonchev–Trinajstić information content (AvgIpc) is 3.29. The molecule has 1 fully saturated rings. The maximum atomic E-state index is 12.8. The van der Waals surface area contributed by atoms with E-state index < -0.39 is 0 Å². The average molecular weight is 338 g/mol. The molecule has 1 amide bonds. The Bertz CT molecular complexity index is 802. The second-order valence-corrected chi connectivity index (χ2v) is 6.61. The van der Waals surface area contributed by atoms with E-state index in [0.29, 0.717) is 12.1 Å². The minimum atomic E-state index is -0.0490. The number of amides is 1. The largest absolute Gasteiger partial charge is 0.497 e. The second-order valence-electron chi connectivity index (χ2n) is 6.61. The lowest BCUT2D eigenvalue weighted by Gasteiger charge is -2.24. The third kappa shape index (κ3) is 2.81. The first kappa shape index (κ1) is 15.9. The molecule has 2 aliphatic heterocycles. The molecule has 2 aliphatic rings. The van der Waals surface area contributed by atoms with Gasteiger partial charge in [-0.1, -0.05) is 12.1 Å². The van der Waals surface area contributed by atoms with E-state index in [4.69, 9.17) is 4.74 Å². The maximum absolute atomic E-state index is 12.8. The molecule has 0 spiro atoms. The lowest BCUT2D eigenvalue weighted by molar-refractivity contribution is 0.0715. The highest BCUT2D eigenvalue weighted by Gasteiger charge is 2.33. The highest BCUT2D eigenvalue weighted by molar-refractivity contribution is 5.97. The summed E-state index contributed by atoms with van der Waals surface area (Å²) < 4.78 is 5.30. The Morgan fingerprint density at radius 3 is 2.80 bits per heavy atom. The molecule has 1 saturated heterocycles. The molecule has 1 aromatic heterocycles. The van der Waals surface area contributed by atoms with Gasteiger partial charge in [-0.15, -0.1) is 0 Å². The Morgan fingerprint density at radius 1 is 1.24 bits per heavy atom. The number of methoxy groups -OCH3 is 1. The fourth-order valence-electron chi connectivity index (χ4n) is 3.56. The van der Waals surface area contributed by atoms with E-state index in [-0.39, 0.29) is 11.9 Å². The minimum Gasteiger partial charge on any atom is -0.497 e. The standard InChI is InChI=1S/C19H22N4O2/c1-13(14-6-5-7-15(10-14)25-2)23-12-17-16(18(23)24)11-20-19(21-17)22-8-3-4-9-22/h5-7,10-11,13H,3-4,8-9,12H2,1-2H3/t13-/m0/s1. The molecule has 0 radical (unpaired) electrons. The van der Waals surface area contributed by atoms with Crippen LogP contribution < -0.4 is 9.64 Å². The first-order valence-corrected chi connectivity index (χ1v) is 8.73. The van der Waals surface area contributed by atoms with E-state index in [1.54, 1.807) is 13.3 Å². The van der Waals surface area contributed by atoms with Crippen LogP contribution in [-0.2, 0) is 6.54 Å². The van der Waals surface area contributed by atoms with Gasteiger partial charge < -0.3 is 14.5 Å². The maximum Gasteiger partial charge on any atom is 0.258 e. The number of ether oxygens (including phenoxy) is 1. The van der Waals surface area contributed by atoms with Crippen LogP contribution in [0.15, 0.2) is 30.5 Å². The summed E-state index contributed by atoms with van der Waals surface area (Å²) in [6.45, 7) is 4.55. The summed E-state index contributed by atoms with van der Waals surface area (Å²) in [7, 11) is 1.65. The Labute approximate surface area is 147 Å². The first-order valence-electron chi connectivity index (χ1n) is 8.73. The SMILES string of the molecule is COc1cccc([C@H](C)N2Cc3nc(N4CCCC4)ncc3C2=O)c1. The van der Waals surface area contributed by atoms with E-state index in [2.05, 4.69) is 14.9 Å². The molecule has 0 unspecified atom stereocenters. The predicted molar refractivity (Wildman–Crippen MR) is 94.8 cm³/mol. The number of anilines is 1. The topological polar surface area (TPSA) is 58.6 Å². The van der Waals surface area contributed by atoms with Gasteiger partial charge in [-0.05, 0) is 37.5 Å². The van der Waals surface area contributed by atoms with Crippen LogP contribution >= 0.6 is 0 Å². The Balaban J connectivity index is 1.58. The van der Waals surface area contributed by atoms with Gasteiger partial charge in [0.1, 0.15) is 5.75 Å². The molecular formula is C19H22N4O2. The summed E-state index contributed by atoms with van der Waals surface area (Å²) >= 11 is 0. The molecule has 0 aliphatic carbocycles. The van der Waals surface area contributed by atoms with Crippen LogP contribution in [0.25, 0.3) is 0 Å². The molecule has 0 bridgehead atoms. The summed E-state index contributed by atoms with van der Waals surface area (Å²) in [5.41, 5.74) is 2.50. The van der Waals surface area contributed by atoms with Crippen LogP contribution in [-0.4, -0.2) is 41.0 Å². The molecule has 0 N–H and O–H groups in total. The monoisotopic (exact) mass is 338 g/mol. The van der Waals surface area contributed by atoms with Crippen molar-refractivity contribution >= 4 is 11.9 Å². The van der Waals surface area contributed by atoms with Crippen LogP contribution in [0.4, 0.5) is 5.95 Å². The number of benzene rings is 1. The lowest BCUT2D eigenvalue weighted by atomic mass is 10.1. The van der Waals surface area contributed by atoms with Crippen molar-refractivity contribution in [1.82, 2.24) is 14.9 Å². The molecule has 1 aromatic carbocycles. The zero-order chi connectivity index (χ0) is 17.4. The van der Waals surface area contributed by atoms with Crippen molar-refractivity contribution in [1.29, 1.82) is 0 Å². The number of carbonyl (C=O) groups is 1. The van der Waals surface area contributed by atoms with Gasteiger partial charge in [-0.2, -0.15) is 0 Å². The van der Waals surface area contributed by atoms with Crippen molar-refractivity contribution < 1.29 is 9.53 Å². The van der Waals surface area contributed by atoms with Gasteiger partial charge in [0.25, 0.3) is 5.91 Å². The van der Waals surface area contributed by atoms with E-state index >= 15 is 0 Å². The van der Waals surface area contributed by atoms with Gasteiger partial charge in [-0.3, -0.25) is 4.79 Å². The van der Waals surface area contributed by atoms with Gasteiger partial charge in [0, 0.05) is 19.3 Å². The van der Waals surface area contributed by atoms with E-state index in [0.717, 1.165) is 36.0 Å². The summed E-state index contributed by atoms with van der Waals surface area (Å²) in [4.78, 5) is 25.9. The van der Waals surface area contributed by atoms with E-state index in [9.17, 15) is 4.79 Å². The molecule has 25 heavy (non-hydrogen) atoms. The summed E-state index contributed by atoms with van der Waals surface area (Å²) in [6.07, 6.45) is 4.05. The molecule has 6 heteroatoms. The molecule has 1 atom stereocenters. The van der Waals surface area contributed by atoms with Crippen molar-refractivity contribution in [3.8, 4) is 5.75 Å². The third-order valence-electron chi connectivity index (χ3n) is 5.10. The fourth-order valence-corrected chi connectivity index (χ4v) is 3.56. The number of hydrogen-bond donors (Lipinski definition) is 0. The Kier molecular flexibility index (Phi) is 4.03. The molecular weight excluding hydrogens is 316 g/mol. The van der Waals surface area contributed by atoms with Crippen LogP contribution in [0.2, 0.25) is 0 Å². The highest BCUT2D eigenvalue weighted by Crippen LogP contribution is 2.32. The Morgan fingerprint density at radius 2 is 2.04 bits per heavy atom. The zero-order valence-electron chi connectivity index (χ0n) is 14.6. The molecule has 130 valence electrons. The number of aromatic nitrogens is 2. The predicted octanol–water partition coefficient (Wildman–Crippen LogP) is 2.80. The number of hydrogen-bond acceptors (Lipinski definition) is 5. The summed E-state index contributed by atoms with van der Waals surface area (Å²) in [5.74, 6) is 1.54. The number of fused-ring (bicyclic) bond motifs is 1. The summed E-state index contributed by atoms with van der Waals surface area (Å²) in [6, 6.07) is 7.80. The van der Waals surface area contributed by atoms with Gasteiger partial charge in [-0.25, -0.2) is 9.97 Å². The van der Waals surface area contributed by atoms with Crippen molar-refractivity contribution in [3.63, 3.8) is 0 Å². The van der Waals surface area contributed by atoms with Crippen LogP contribution in [0.3, 0.4) is 0 Å². The molecule has 4 rings (SSSR count). The van der Waals surface area contributed by atoms with Crippen molar-refractivity contribution in [2.45, 2.75) is 32.4 Å². The van der Waals surface area contributed by atoms with Crippen molar-refractivity contribution in [3.05, 3.63) is 47.3 Å². The van der Waals surface area contributed by atoms with Gasteiger partial charge >= 0.3 is 0 Å². The molecule has 2 aromatic rings. The van der Waals surface area contributed by atoms with Crippen molar-refractivity contribution in [2.24, 2.45) is 0 Å². The molecule has 6 nitrogen and oxygen atoms in total. The van der Waals surface area contributed by atoms with Crippen molar-refractivity contribution in [2.75, 3.05) is 25.1 Å². The minimum absolute atomic E-state index is 0.00158. The first-order chi connectivity index (χ1) is 12.2. The van der Waals surface area contributed by atoms with Crippen LogP contribution in [0.5, 0.6) is 5.75 Å². The van der Waals surface area contributed by atoms with Crippen LogP contribution in [0, 0.1) is 0 Å². The van der Waals surface area contributed by atoms with Gasteiger partial charge in [0.2, 0.25) is 5.95 Å². The summed E-state index contributed by atoms with van der Waals surface area (Å²) in [5, 5.41) is 0. The zero-order valence-corrected chi connectivity index (χ0v) is 14.6. The number of rotatable bonds is 4. The van der Waals surface area contributed by atoms with Gasteiger partial charge in [0.05, 0.1) is 31.0 Å². The fraction of sp³-hybridized carbons (Fsp3) is 0.421. The lowest BCUT2D eigenvalue weighted by Crippen LogP contribution is -2.27. The molecule has 3 heterocycles. The highest BCUT2D eigenvalue weighted by atomic mass is 16.5. The van der Waals surface area contributed by atoms with E-state index in [1.165, 1.54) is 12.8 Å². The normalized spacial score (nSPS) is 17.8. The third-order valence-corrected chi connectivity index (χ3v) is 5.10. The van der Waals surface area contributed by atoms with E-state index in [1.807, 2.05) is 36.1 Å². The second kappa shape index (κ2) is 6.35. The molecule has 0 saturated carbocycles. The van der Waals surface area contributed by atoms with Gasteiger partial charge in [0.15, 0.2) is 0 Å². The number of carbonyl (C=O) groups excluding carboxylic acids is 1. The quantitative estimate of drug-likeness (QED) is 0.858. The van der Waals surface area contributed by atoms with Crippen LogP contribution in [0.1, 0.15) is 47.4 Å². The Hall–Kier alpha value is -2.63. The number of nitrogens with zero attached hydrogens (tertiary/aromatic N) is 4.